The summed E-state index contributed by atoms with van der Waals surface area (Å²) in [4.78, 5) is 38.3. The molecule has 1 saturated heterocycles. The Morgan fingerprint density at radius 1 is 0.833 bits per heavy atom. The molecule has 7 heteroatoms. The third-order valence-corrected chi connectivity index (χ3v) is 5.00. The smallest absolute Gasteiger partial charge is 0.253 e. The molecule has 158 valence electrons. The van der Waals surface area contributed by atoms with Gasteiger partial charge in [0.25, 0.3) is 11.8 Å². The zero-order valence-electron chi connectivity index (χ0n) is 17.2. The molecule has 1 heterocycles. The lowest BCUT2D eigenvalue weighted by Gasteiger charge is -2.26. The number of hydrogen-bond acceptors (Lipinski definition) is 4. The minimum Gasteiger partial charge on any atom is -0.376 e. The number of likely N-dealkylation sites (tertiary alicyclic amines) is 1. The minimum absolute atomic E-state index is 0.0649. The molecule has 3 N–H and O–H groups in total. The normalized spacial score (nSPS) is 13.4. The van der Waals surface area contributed by atoms with Crippen LogP contribution in [0.4, 0.5) is 11.4 Å². The van der Waals surface area contributed by atoms with Gasteiger partial charge in [-0.05, 0) is 74.7 Å². The van der Waals surface area contributed by atoms with E-state index in [-0.39, 0.29) is 24.3 Å². The van der Waals surface area contributed by atoms with E-state index in [0.29, 0.717) is 23.4 Å². The Balaban J connectivity index is 1.47. The van der Waals surface area contributed by atoms with Crippen molar-refractivity contribution < 1.29 is 14.4 Å². The van der Waals surface area contributed by atoms with Crippen molar-refractivity contribution in [2.24, 2.45) is 0 Å². The second-order valence-electron chi connectivity index (χ2n) is 7.27. The monoisotopic (exact) mass is 408 g/mol. The van der Waals surface area contributed by atoms with E-state index in [2.05, 4.69) is 16.0 Å². The lowest BCUT2D eigenvalue weighted by molar-refractivity contribution is -0.114. The molecule has 0 spiro atoms. The van der Waals surface area contributed by atoms with Gasteiger partial charge in [0, 0.05) is 42.1 Å². The Labute approximate surface area is 176 Å². The Kier molecular flexibility index (Phi) is 7.43. The van der Waals surface area contributed by atoms with Gasteiger partial charge >= 0.3 is 0 Å². The van der Waals surface area contributed by atoms with Crippen LogP contribution in [0.25, 0.3) is 0 Å². The van der Waals surface area contributed by atoms with Crippen LogP contribution in [-0.4, -0.2) is 48.8 Å². The van der Waals surface area contributed by atoms with E-state index in [0.717, 1.165) is 31.6 Å². The molecule has 2 aromatic carbocycles. The van der Waals surface area contributed by atoms with Gasteiger partial charge in [-0.1, -0.05) is 0 Å². The molecule has 0 aromatic heterocycles. The Bertz CT molecular complexity index is 872. The van der Waals surface area contributed by atoms with E-state index in [4.69, 9.17) is 0 Å². The van der Waals surface area contributed by atoms with Crippen LogP contribution in [0.2, 0.25) is 0 Å². The summed E-state index contributed by atoms with van der Waals surface area (Å²) in [6.07, 6.45) is 3.32. The molecule has 0 unspecified atom stereocenters. The number of rotatable bonds is 7. The second-order valence-corrected chi connectivity index (χ2v) is 7.27. The molecule has 0 aliphatic carbocycles. The van der Waals surface area contributed by atoms with Crippen LogP contribution in [0.15, 0.2) is 48.5 Å². The van der Waals surface area contributed by atoms with Gasteiger partial charge in [0.15, 0.2) is 0 Å². The standard InChI is InChI=1S/C23H28N4O3/c1-2-24-22(29)17-6-12-20(13-7-17)26-21(28)16-25-19-10-8-18(9-11-19)23(30)27-14-4-3-5-15-27/h6-13,25H,2-5,14-16H2,1H3,(H,24,29)(H,26,28). The van der Waals surface area contributed by atoms with Gasteiger partial charge in [-0.15, -0.1) is 0 Å². The van der Waals surface area contributed by atoms with Crippen LogP contribution >= 0.6 is 0 Å². The maximum absolute atomic E-state index is 12.5. The highest BCUT2D eigenvalue weighted by Crippen LogP contribution is 2.16. The number of carbonyl (C=O) groups is 3. The zero-order chi connectivity index (χ0) is 21.3. The molecule has 3 rings (SSSR count). The van der Waals surface area contributed by atoms with Crippen molar-refractivity contribution >= 4 is 29.1 Å². The number of piperidine rings is 1. The van der Waals surface area contributed by atoms with Gasteiger partial charge in [0.05, 0.1) is 6.54 Å². The van der Waals surface area contributed by atoms with Crippen molar-refractivity contribution in [1.29, 1.82) is 0 Å². The Hall–Kier alpha value is -3.35. The first-order valence-corrected chi connectivity index (χ1v) is 10.4. The SMILES string of the molecule is CCNC(=O)c1ccc(NC(=O)CNc2ccc(C(=O)N3CCCCC3)cc2)cc1. The third-order valence-electron chi connectivity index (χ3n) is 5.00. The topological polar surface area (TPSA) is 90.5 Å². The van der Waals surface area contributed by atoms with E-state index >= 15 is 0 Å². The zero-order valence-corrected chi connectivity index (χ0v) is 17.2. The van der Waals surface area contributed by atoms with Crippen molar-refractivity contribution in [3.8, 4) is 0 Å². The highest BCUT2D eigenvalue weighted by Gasteiger charge is 2.17. The molecule has 0 radical (unpaired) electrons. The van der Waals surface area contributed by atoms with Crippen molar-refractivity contribution in [3.63, 3.8) is 0 Å². The van der Waals surface area contributed by atoms with Crippen molar-refractivity contribution in [1.82, 2.24) is 10.2 Å². The fourth-order valence-electron chi connectivity index (χ4n) is 3.37. The fourth-order valence-corrected chi connectivity index (χ4v) is 3.37. The average molecular weight is 409 g/mol. The lowest BCUT2D eigenvalue weighted by Crippen LogP contribution is -2.35. The molecule has 1 aliphatic rings. The summed E-state index contributed by atoms with van der Waals surface area (Å²) in [5.74, 6) is -0.274. The quantitative estimate of drug-likeness (QED) is 0.657. The van der Waals surface area contributed by atoms with Crippen molar-refractivity contribution in [3.05, 3.63) is 59.7 Å². The van der Waals surface area contributed by atoms with E-state index in [9.17, 15) is 14.4 Å². The summed E-state index contributed by atoms with van der Waals surface area (Å²) >= 11 is 0. The molecule has 1 fully saturated rings. The van der Waals surface area contributed by atoms with E-state index < -0.39 is 0 Å². The van der Waals surface area contributed by atoms with Gasteiger partial charge < -0.3 is 20.9 Å². The predicted octanol–water partition coefficient (Wildman–Crippen LogP) is 3.11. The summed E-state index contributed by atoms with van der Waals surface area (Å²) in [5.41, 5.74) is 2.61. The molecule has 0 saturated carbocycles. The van der Waals surface area contributed by atoms with Crippen LogP contribution in [0, 0.1) is 0 Å². The second kappa shape index (κ2) is 10.4. The van der Waals surface area contributed by atoms with Crippen molar-refractivity contribution in [2.75, 3.05) is 36.8 Å². The average Bonchev–Trinajstić information content (AvgIpc) is 2.79. The number of benzene rings is 2. The van der Waals surface area contributed by atoms with Crippen molar-refractivity contribution in [2.45, 2.75) is 26.2 Å². The van der Waals surface area contributed by atoms with Gasteiger partial charge in [-0.25, -0.2) is 0 Å². The van der Waals surface area contributed by atoms with Crippen LogP contribution in [-0.2, 0) is 4.79 Å². The van der Waals surface area contributed by atoms with Gasteiger partial charge in [0.2, 0.25) is 5.91 Å². The highest BCUT2D eigenvalue weighted by molar-refractivity contribution is 5.97. The first kappa shape index (κ1) is 21.4. The number of nitrogens with one attached hydrogen (secondary N) is 3. The number of amides is 3. The largest absolute Gasteiger partial charge is 0.376 e. The summed E-state index contributed by atoms with van der Waals surface area (Å²) in [6, 6.07) is 13.9. The maximum atomic E-state index is 12.5. The number of anilines is 2. The first-order valence-electron chi connectivity index (χ1n) is 10.4. The van der Waals surface area contributed by atoms with Crippen LogP contribution < -0.4 is 16.0 Å². The number of carbonyl (C=O) groups excluding carboxylic acids is 3. The van der Waals surface area contributed by atoms with E-state index in [1.165, 1.54) is 6.42 Å². The van der Waals surface area contributed by atoms with Crippen LogP contribution in [0.3, 0.4) is 0 Å². The molecule has 3 amide bonds. The van der Waals surface area contributed by atoms with Gasteiger partial charge in [0.1, 0.15) is 0 Å². The molecule has 0 atom stereocenters. The maximum Gasteiger partial charge on any atom is 0.253 e. The predicted molar refractivity (Wildman–Crippen MR) is 118 cm³/mol. The van der Waals surface area contributed by atoms with Gasteiger partial charge in [-0.2, -0.15) is 0 Å². The fraction of sp³-hybridized carbons (Fsp3) is 0.348. The van der Waals surface area contributed by atoms with E-state index in [1.54, 1.807) is 36.4 Å². The summed E-state index contributed by atoms with van der Waals surface area (Å²) in [5, 5.41) is 8.57. The van der Waals surface area contributed by atoms with Crippen LogP contribution in [0.1, 0.15) is 46.9 Å². The Morgan fingerprint density at radius 2 is 1.43 bits per heavy atom. The third kappa shape index (κ3) is 5.83. The first-order chi connectivity index (χ1) is 14.6. The molecule has 0 bridgehead atoms. The van der Waals surface area contributed by atoms with Crippen LogP contribution in [0.5, 0.6) is 0 Å². The molecule has 7 nitrogen and oxygen atoms in total. The van der Waals surface area contributed by atoms with Gasteiger partial charge in [-0.3, -0.25) is 14.4 Å². The summed E-state index contributed by atoms with van der Waals surface area (Å²) < 4.78 is 0. The lowest BCUT2D eigenvalue weighted by atomic mass is 10.1. The molecular formula is C23H28N4O3. The molecule has 2 aromatic rings. The molecule has 1 aliphatic heterocycles. The number of nitrogens with zero attached hydrogens (tertiary/aromatic N) is 1. The molecule has 30 heavy (non-hydrogen) atoms. The number of hydrogen-bond donors (Lipinski definition) is 3. The summed E-state index contributed by atoms with van der Waals surface area (Å²) in [7, 11) is 0. The minimum atomic E-state index is -0.200. The molecular weight excluding hydrogens is 380 g/mol. The highest BCUT2D eigenvalue weighted by atomic mass is 16.2. The Morgan fingerprint density at radius 3 is 2.07 bits per heavy atom. The summed E-state index contributed by atoms with van der Waals surface area (Å²) in [6.45, 7) is 4.17. The van der Waals surface area contributed by atoms with E-state index in [1.807, 2.05) is 24.0 Å².